The van der Waals surface area contributed by atoms with Gasteiger partial charge in [0.1, 0.15) is 5.03 Å². The SMILES string of the molecule is COC(=O)c1ccc(NC(=O)CSc2ccc3nnc(-c4ccc(Cl)cc4)n3n2)cc1. The molecule has 0 aliphatic heterocycles. The van der Waals surface area contributed by atoms with E-state index in [2.05, 4.69) is 25.3 Å². The maximum Gasteiger partial charge on any atom is 0.337 e. The molecule has 2 aromatic heterocycles. The van der Waals surface area contributed by atoms with Crippen LogP contribution in [0.1, 0.15) is 10.4 Å². The lowest BCUT2D eigenvalue weighted by Crippen LogP contribution is -2.14. The summed E-state index contributed by atoms with van der Waals surface area (Å²) >= 11 is 7.24. The largest absolute Gasteiger partial charge is 0.465 e. The third-order valence-electron chi connectivity index (χ3n) is 4.28. The molecule has 1 N–H and O–H groups in total. The Morgan fingerprint density at radius 2 is 1.77 bits per heavy atom. The molecule has 0 aliphatic carbocycles. The van der Waals surface area contributed by atoms with Crippen molar-refractivity contribution in [1.82, 2.24) is 19.8 Å². The molecule has 156 valence electrons. The highest BCUT2D eigenvalue weighted by molar-refractivity contribution is 7.99. The number of ether oxygens (including phenoxy) is 1. The number of carbonyl (C=O) groups is 2. The summed E-state index contributed by atoms with van der Waals surface area (Å²) in [5, 5.41) is 16.9. The number of aromatic nitrogens is 4. The summed E-state index contributed by atoms with van der Waals surface area (Å²) in [5.41, 5.74) is 2.44. The van der Waals surface area contributed by atoms with Gasteiger partial charge in [0.15, 0.2) is 11.5 Å². The van der Waals surface area contributed by atoms with Gasteiger partial charge in [-0.3, -0.25) is 4.79 Å². The van der Waals surface area contributed by atoms with Crippen molar-refractivity contribution in [3.8, 4) is 11.4 Å². The summed E-state index contributed by atoms with van der Waals surface area (Å²) in [6.45, 7) is 0. The molecule has 0 fully saturated rings. The van der Waals surface area contributed by atoms with Gasteiger partial charge in [-0.1, -0.05) is 23.4 Å². The van der Waals surface area contributed by atoms with Crippen LogP contribution in [0.15, 0.2) is 65.7 Å². The van der Waals surface area contributed by atoms with Crippen molar-refractivity contribution >= 4 is 46.6 Å². The number of nitrogens with zero attached hydrogens (tertiary/aromatic N) is 4. The van der Waals surface area contributed by atoms with E-state index >= 15 is 0 Å². The van der Waals surface area contributed by atoms with Crippen LogP contribution in [0.5, 0.6) is 0 Å². The number of thioether (sulfide) groups is 1. The highest BCUT2D eigenvalue weighted by Crippen LogP contribution is 2.22. The van der Waals surface area contributed by atoms with Crippen LogP contribution >= 0.6 is 23.4 Å². The maximum absolute atomic E-state index is 12.3. The van der Waals surface area contributed by atoms with E-state index in [-0.39, 0.29) is 11.7 Å². The first-order valence-electron chi connectivity index (χ1n) is 9.13. The fraction of sp³-hybridized carbons (Fsp3) is 0.0952. The fourth-order valence-corrected chi connectivity index (χ4v) is 3.55. The first kappa shape index (κ1) is 20.8. The summed E-state index contributed by atoms with van der Waals surface area (Å²) in [6.07, 6.45) is 0. The Kier molecular flexibility index (Phi) is 6.15. The lowest BCUT2D eigenvalue weighted by atomic mass is 10.2. The molecule has 0 bridgehead atoms. The van der Waals surface area contributed by atoms with Gasteiger partial charge in [-0.25, -0.2) is 4.79 Å². The lowest BCUT2D eigenvalue weighted by molar-refractivity contribution is -0.113. The normalized spacial score (nSPS) is 10.8. The van der Waals surface area contributed by atoms with Gasteiger partial charge < -0.3 is 10.1 Å². The Bertz CT molecular complexity index is 1240. The smallest absolute Gasteiger partial charge is 0.337 e. The van der Waals surface area contributed by atoms with Crippen LogP contribution in [-0.4, -0.2) is 44.6 Å². The fourth-order valence-electron chi connectivity index (χ4n) is 2.77. The molecule has 0 saturated heterocycles. The van der Waals surface area contributed by atoms with E-state index < -0.39 is 5.97 Å². The first-order chi connectivity index (χ1) is 15.0. The van der Waals surface area contributed by atoms with E-state index in [0.29, 0.717) is 32.8 Å². The maximum atomic E-state index is 12.3. The number of esters is 1. The Labute approximate surface area is 186 Å². The molecule has 0 saturated carbocycles. The minimum absolute atomic E-state index is 0.162. The number of halogens is 1. The van der Waals surface area contributed by atoms with Crippen molar-refractivity contribution in [1.29, 1.82) is 0 Å². The van der Waals surface area contributed by atoms with Crippen molar-refractivity contribution in [2.24, 2.45) is 0 Å². The summed E-state index contributed by atoms with van der Waals surface area (Å²) < 4.78 is 6.29. The van der Waals surface area contributed by atoms with Gasteiger partial charge >= 0.3 is 5.97 Å². The number of methoxy groups -OCH3 is 1. The summed E-state index contributed by atoms with van der Waals surface area (Å²) in [5.74, 6) is 0.126. The van der Waals surface area contributed by atoms with Crippen molar-refractivity contribution in [3.05, 3.63) is 71.2 Å². The number of fused-ring (bicyclic) bond motifs is 1. The molecule has 1 amide bonds. The number of nitrogens with one attached hydrogen (secondary N) is 1. The van der Waals surface area contributed by atoms with Gasteiger partial charge in [-0.2, -0.15) is 9.61 Å². The molecule has 2 heterocycles. The van der Waals surface area contributed by atoms with Crippen molar-refractivity contribution in [2.75, 3.05) is 18.2 Å². The van der Waals surface area contributed by atoms with Gasteiger partial charge in [0, 0.05) is 16.3 Å². The number of hydrogen-bond donors (Lipinski definition) is 1. The molecule has 0 spiro atoms. The van der Waals surface area contributed by atoms with Crippen LogP contribution in [0.25, 0.3) is 17.0 Å². The average molecular weight is 454 g/mol. The van der Waals surface area contributed by atoms with Gasteiger partial charge in [0.25, 0.3) is 0 Å². The van der Waals surface area contributed by atoms with Crippen molar-refractivity contribution < 1.29 is 14.3 Å². The van der Waals surface area contributed by atoms with E-state index in [1.54, 1.807) is 53.0 Å². The minimum atomic E-state index is -0.429. The standard InChI is InChI=1S/C21H16ClN5O3S/c1-30-21(29)14-4-8-16(9-5-14)23-18(28)12-31-19-11-10-17-24-25-20(27(17)26-19)13-2-6-15(22)7-3-13/h2-11H,12H2,1H3,(H,23,28). The summed E-state index contributed by atoms with van der Waals surface area (Å²) in [7, 11) is 1.32. The van der Waals surface area contributed by atoms with Crippen LogP contribution < -0.4 is 5.32 Å². The van der Waals surface area contributed by atoms with Crippen LogP contribution in [0.2, 0.25) is 5.02 Å². The van der Waals surface area contributed by atoms with Crippen molar-refractivity contribution in [2.45, 2.75) is 5.03 Å². The molecular formula is C21H16ClN5O3S. The molecule has 4 rings (SSSR count). The molecule has 0 unspecified atom stereocenters. The Morgan fingerprint density at radius 1 is 1.03 bits per heavy atom. The zero-order valence-electron chi connectivity index (χ0n) is 16.3. The predicted octanol–water partition coefficient (Wildman–Crippen LogP) is 3.96. The molecular weight excluding hydrogens is 438 g/mol. The molecule has 0 radical (unpaired) electrons. The minimum Gasteiger partial charge on any atom is -0.465 e. The zero-order valence-corrected chi connectivity index (χ0v) is 17.9. The number of carbonyl (C=O) groups excluding carboxylic acids is 2. The number of amides is 1. The lowest BCUT2D eigenvalue weighted by Gasteiger charge is -2.06. The highest BCUT2D eigenvalue weighted by Gasteiger charge is 2.12. The van der Waals surface area contributed by atoms with Crippen molar-refractivity contribution in [3.63, 3.8) is 0 Å². The van der Waals surface area contributed by atoms with E-state index in [4.69, 9.17) is 11.6 Å². The third kappa shape index (κ3) is 4.84. The Morgan fingerprint density at radius 3 is 2.48 bits per heavy atom. The summed E-state index contributed by atoms with van der Waals surface area (Å²) in [4.78, 5) is 23.8. The van der Waals surface area contributed by atoms with E-state index in [1.807, 2.05) is 12.1 Å². The Hall–Kier alpha value is -3.43. The quantitative estimate of drug-likeness (QED) is 0.348. The van der Waals surface area contributed by atoms with Gasteiger partial charge in [0.2, 0.25) is 5.91 Å². The Balaban J connectivity index is 1.43. The van der Waals surface area contributed by atoms with Crippen LogP contribution in [-0.2, 0) is 9.53 Å². The molecule has 0 atom stereocenters. The van der Waals surface area contributed by atoms with E-state index in [0.717, 1.165) is 5.56 Å². The molecule has 4 aromatic rings. The van der Waals surface area contributed by atoms with Gasteiger partial charge in [-0.15, -0.1) is 10.2 Å². The molecule has 31 heavy (non-hydrogen) atoms. The monoisotopic (exact) mass is 453 g/mol. The van der Waals surface area contributed by atoms with E-state index in [1.165, 1.54) is 18.9 Å². The number of rotatable bonds is 6. The highest BCUT2D eigenvalue weighted by atomic mass is 35.5. The van der Waals surface area contributed by atoms with Gasteiger partial charge in [0.05, 0.1) is 18.4 Å². The predicted molar refractivity (Wildman–Crippen MR) is 118 cm³/mol. The van der Waals surface area contributed by atoms with Crippen LogP contribution in [0, 0.1) is 0 Å². The summed E-state index contributed by atoms with van der Waals surface area (Å²) in [6, 6.07) is 17.3. The second kappa shape index (κ2) is 9.15. The average Bonchev–Trinajstić information content (AvgIpc) is 3.21. The molecule has 8 nitrogen and oxygen atoms in total. The van der Waals surface area contributed by atoms with Gasteiger partial charge in [-0.05, 0) is 60.7 Å². The molecule has 0 aliphatic rings. The molecule has 2 aromatic carbocycles. The number of hydrogen-bond acceptors (Lipinski definition) is 7. The zero-order chi connectivity index (χ0) is 21.8. The second-order valence-electron chi connectivity index (χ2n) is 6.38. The van der Waals surface area contributed by atoms with Crippen LogP contribution in [0.4, 0.5) is 5.69 Å². The number of benzene rings is 2. The van der Waals surface area contributed by atoms with E-state index in [9.17, 15) is 9.59 Å². The topological polar surface area (TPSA) is 98.5 Å². The molecule has 10 heteroatoms. The van der Waals surface area contributed by atoms with Crippen LogP contribution in [0.3, 0.4) is 0 Å². The second-order valence-corrected chi connectivity index (χ2v) is 7.81. The first-order valence-corrected chi connectivity index (χ1v) is 10.5. The number of anilines is 1. The third-order valence-corrected chi connectivity index (χ3v) is 5.45.